The Hall–Kier alpha value is -2.42. The predicted molar refractivity (Wildman–Crippen MR) is 84.6 cm³/mol. The van der Waals surface area contributed by atoms with Gasteiger partial charge < -0.3 is 4.90 Å². The van der Waals surface area contributed by atoms with Crippen LogP contribution in [0.5, 0.6) is 0 Å². The van der Waals surface area contributed by atoms with Gasteiger partial charge >= 0.3 is 0 Å². The van der Waals surface area contributed by atoms with E-state index in [-0.39, 0.29) is 11.7 Å². The van der Waals surface area contributed by atoms with Gasteiger partial charge in [-0.2, -0.15) is 0 Å². The maximum absolute atomic E-state index is 12.8. The third-order valence-corrected chi connectivity index (χ3v) is 3.18. The Morgan fingerprint density at radius 2 is 1.90 bits per heavy atom. The molecule has 21 heavy (non-hydrogen) atoms. The van der Waals surface area contributed by atoms with E-state index in [1.807, 2.05) is 38.1 Å². The zero-order valence-corrected chi connectivity index (χ0v) is 12.2. The molecule has 0 unspecified atom stereocenters. The summed E-state index contributed by atoms with van der Waals surface area (Å²) in [5.74, 6) is -0.374. The van der Waals surface area contributed by atoms with Gasteiger partial charge in [0.2, 0.25) is 0 Å². The first-order chi connectivity index (χ1) is 10.1. The Morgan fingerprint density at radius 1 is 1.19 bits per heavy atom. The van der Waals surface area contributed by atoms with Crippen molar-refractivity contribution < 1.29 is 9.18 Å². The number of amides is 1. The Morgan fingerprint density at radius 3 is 2.52 bits per heavy atom. The monoisotopic (exact) mass is 283 g/mol. The molecule has 0 radical (unpaired) electrons. The van der Waals surface area contributed by atoms with E-state index in [0.29, 0.717) is 6.54 Å². The number of benzene rings is 2. The Balaban J connectivity index is 2.15. The highest BCUT2D eigenvalue weighted by Crippen LogP contribution is 2.16. The van der Waals surface area contributed by atoms with E-state index in [2.05, 4.69) is 0 Å². The highest BCUT2D eigenvalue weighted by atomic mass is 19.1. The number of aryl methyl sites for hydroxylation is 1. The predicted octanol–water partition coefficient (Wildman–Crippen LogP) is 4.20. The molecule has 0 bridgehead atoms. The molecule has 0 aliphatic rings. The third kappa shape index (κ3) is 4.02. The number of rotatable bonds is 4. The van der Waals surface area contributed by atoms with Crippen LogP contribution < -0.4 is 4.90 Å². The molecule has 2 aromatic carbocycles. The van der Waals surface area contributed by atoms with Gasteiger partial charge in [0.05, 0.1) is 0 Å². The zero-order valence-electron chi connectivity index (χ0n) is 12.2. The number of carbonyl (C=O) groups excluding carboxylic acids is 1. The fourth-order valence-electron chi connectivity index (χ4n) is 2.09. The van der Waals surface area contributed by atoms with Crippen molar-refractivity contribution in [1.29, 1.82) is 0 Å². The van der Waals surface area contributed by atoms with E-state index in [4.69, 9.17) is 0 Å². The molecule has 108 valence electrons. The molecular weight excluding hydrogens is 265 g/mol. The van der Waals surface area contributed by atoms with Gasteiger partial charge in [0.25, 0.3) is 5.91 Å². The first-order valence-corrected chi connectivity index (χ1v) is 6.92. The van der Waals surface area contributed by atoms with E-state index in [0.717, 1.165) is 16.8 Å². The molecule has 3 heteroatoms. The highest BCUT2D eigenvalue weighted by molar-refractivity contribution is 6.03. The van der Waals surface area contributed by atoms with Crippen molar-refractivity contribution >= 4 is 17.7 Å². The molecular formula is C18H18FNO. The first-order valence-electron chi connectivity index (χ1n) is 6.92. The van der Waals surface area contributed by atoms with Gasteiger partial charge in [-0.3, -0.25) is 4.79 Å². The lowest BCUT2D eigenvalue weighted by molar-refractivity contribution is -0.114. The highest BCUT2D eigenvalue weighted by Gasteiger charge is 2.10. The third-order valence-electron chi connectivity index (χ3n) is 3.18. The van der Waals surface area contributed by atoms with Crippen molar-refractivity contribution in [2.75, 3.05) is 11.4 Å². The first kappa shape index (κ1) is 15.0. The standard InChI is InChI=1S/C18H18FNO/c1-3-20(17-6-4-5-14(2)13-17)18(21)12-9-15-7-10-16(19)11-8-15/h4-13H,3H2,1-2H3/b12-9+. The van der Waals surface area contributed by atoms with E-state index >= 15 is 0 Å². The van der Waals surface area contributed by atoms with Crippen LogP contribution in [0, 0.1) is 12.7 Å². The molecule has 2 aromatic rings. The van der Waals surface area contributed by atoms with Crippen LogP contribution in [-0.4, -0.2) is 12.5 Å². The van der Waals surface area contributed by atoms with E-state index in [1.54, 1.807) is 23.1 Å². The summed E-state index contributed by atoms with van der Waals surface area (Å²) in [6.07, 6.45) is 3.21. The second-order valence-electron chi connectivity index (χ2n) is 4.81. The normalized spacial score (nSPS) is 10.8. The summed E-state index contributed by atoms with van der Waals surface area (Å²) in [7, 11) is 0. The van der Waals surface area contributed by atoms with Gasteiger partial charge in [-0.15, -0.1) is 0 Å². The van der Waals surface area contributed by atoms with Crippen LogP contribution in [0.4, 0.5) is 10.1 Å². The lowest BCUT2D eigenvalue weighted by atomic mass is 10.2. The fourth-order valence-corrected chi connectivity index (χ4v) is 2.09. The summed E-state index contributed by atoms with van der Waals surface area (Å²) in [6, 6.07) is 13.9. The van der Waals surface area contributed by atoms with Gasteiger partial charge in [0.1, 0.15) is 5.82 Å². The Labute approximate surface area is 124 Å². The summed E-state index contributed by atoms with van der Waals surface area (Å²) in [5.41, 5.74) is 2.79. The van der Waals surface area contributed by atoms with Crippen LogP contribution in [0.2, 0.25) is 0 Å². The van der Waals surface area contributed by atoms with Gasteiger partial charge in [-0.05, 0) is 55.3 Å². The maximum atomic E-state index is 12.8. The van der Waals surface area contributed by atoms with Gasteiger partial charge in [0.15, 0.2) is 0 Å². The SMILES string of the molecule is CCN(C(=O)/C=C/c1ccc(F)cc1)c1cccc(C)c1. The average molecular weight is 283 g/mol. The number of hydrogen-bond acceptors (Lipinski definition) is 1. The molecule has 0 aliphatic heterocycles. The molecule has 0 heterocycles. The quantitative estimate of drug-likeness (QED) is 0.770. The molecule has 0 aliphatic carbocycles. The lowest BCUT2D eigenvalue weighted by Crippen LogP contribution is -2.28. The molecule has 0 spiro atoms. The van der Waals surface area contributed by atoms with Crippen molar-refractivity contribution in [1.82, 2.24) is 0 Å². The fraction of sp³-hybridized carbons (Fsp3) is 0.167. The minimum atomic E-state index is -0.284. The second kappa shape index (κ2) is 6.84. The minimum Gasteiger partial charge on any atom is -0.309 e. The molecule has 2 rings (SSSR count). The van der Waals surface area contributed by atoms with Crippen LogP contribution in [-0.2, 0) is 4.79 Å². The van der Waals surface area contributed by atoms with Gasteiger partial charge in [-0.25, -0.2) is 4.39 Å². The summed E-state index contributed by atoms with van der Waals surface area (Å²) in [6.45, 7) is 4.53. The molecule has 0 N–H and O–H groups in total. The molecule has 0 fully saturated rings. The molecule has 0 atom stereocenters. The van der Waals surface area contributed by atoms with Crippen molar-refractivity contribution in [3.8, 4) is 0 Å². The summed E-state index contributed by atoms with van der Waals surface area (Å²) in [5, 5.41) is 0. The Kier molecular flexibility index (Phi) is 4.88. The van der Waals surface area contributed by atoms with Crippen LogP contribution in [0.1, 0.15) is 18.1 Å². The minimum absolute atomic E-state index is 0.0903. The van der Waals surface area contributed by atoms with Gasteiger partial charge in [-0.1, -0.05) is 24.3 Å². The van der Waals surface area contributed by atoms with Crippen LogP contribution in [0.3, 0.4) is 0 Å². The smallest absolute Gasteiger partial charge is 0.250 e. The number of nitrogens with zero attached hydrogens (tertiary/aromatic N) is 1. The van der Waals surface area contributed by atoms with Gasteiger partial charge in [0, 0.05) is 18.3 Å². The molecule has 2 nitrogen and oxygen atoms in total. The van der Waals surface area contributed by atoms with Crippen molar-refractivity contribution in [3.63, 3.8) is 0 Å². The second-order valence-corrected chi connectivity index (χ2v) is 4.81. The Bertz CT molecular complexity index is 647. The van der Waals surface area contributed by atoms with Crippen LogP contribution in [0.25, 0.3) is 6.08 Å². The van der Waals surface area contributed by atoms with Crippen molar-refractivity contribution in [2.24, 2.45) is 0 Å². The number of hydrogen-bond donors (Lipinski definition) is 0. The molecule has 0 aromatic heterocycles. The lowest BCUT2D eigenvalue weighted by Gasteiger charge is -2.19. The number of halogens is 1. The van der Waals surface area contributed by atoms with Crippen LogP contribution in [0.15, 0.2) is 54.6 Å². The molecule has 1 amide bonds. The topological polar surface area (TPSA) is 20.3 Å². The van der Waals surface area contributed by atoms with Crippen LogP contribution >= 0.6 is 0 Å². The number of anilines is 1. The molecule has 0 saturated heterocycles. The summed E-state index contributed by atoms with van der Waals surface area (Å²) >= 11 is 0. The van der Waals surface area contributed by atoms with E-state index < -0.39 is 0 Å². The summed E-state index contributed by atoms with van der Waals surface area (Å²) in [4.78, 5) is 14.0. The van der Waals surface area contributed by atoms with Crippen molar-refractivity contribution in [2.45, 2.75) is 13.8 Å². The number of likely N-dealkylation sites (N-methyl/N-ethyl adjacent to an activating group) is 1. The van der Waals surface area contributed by atoms with E-state index in [1.165, 1.54) is 18.2 Å². The maximum Gasteiger partial charge on any atom is 0.250 e. The summed E-state index contributed by atoms with van der Waals surface area (Å²) < 4.78 is 12.8. The molecule has 0 saturated carbocycles. The van der Waals surface area contributed by atoms with E-state index in [9.17, 15) is 9.18 Å². The number of carbonyl (C=O) groups is 1. The zero-order chi connectivity index (χ0) is 15.2. The average Bonchev–Trinajstić information content (AvgIpc) is 2.47. The largest absolute Gasteiger partial charge is 0.309 e. The van der Waals surface area contributed by atoms with Crippen molar-refractivity contribution in [3.05, 3.63) is 71.6 Å².